The van der Waals surface area contributed by atoms with Crippen molar-refractivity contribution in [2.75, 3.05) is 34.4 Å². The van der Waals surface area contributed by atoms with Crippen LogP contribution in [0.4, 0.5) is 0 Å². The Morgan fingerprint density at radius 2 is 2.13 bits per heavy atom. The molecule has 90 valence electrons. The summed E-state index contributed by atoms with van der Waals surface area (Å²) in [7, 11) is 5.54. The second-order valence-corrected chi connectivity index (χ2v) is 3.95. The highest BCUT2D eigenvalue weighted by molar-refractivity contribution is 5.81. The molecule has 3 N–H and O–H groups in total. The van der Waals surface area contributed by atoms with Gasteiger partial charge in [-0.3, -0.25) is 4.79 Å². The van der Waals surface area contributed by atoms with Crippen molar-refractivity contribution < 1.29 is 9.53 Å². The molecule has 0 aromatic heterocycles. The second kappa shape index (κ2) is 7.62. The van der Waals surface area contributed by atoms with Crippen molar-refractivity contribution >= 4 is 5.91 Å². The molecule has 2 unspecified atom stereocenters. The number of carbonyl (C=O) groups is 1. The zero-order valence-corrected chi connectivity index (χ0v) is 10.1. The van der Waals surface area contributed by atoms with Crippen LogP contribution in [0.15, 0.2) is 0 Å². The molecule has 0 fully saturated rings. The maximum Gasteiger partial charge on any atom is 0.237 e. The van der Waals surface area contributed by atoms with Crippen LogP contribution in [0.5, 0.6) is 0 Å². The van der Waals surface area contributed by atoms with E-state index in [1.165, 1.54) is 0 Å². The van der Waals surface area contributed by atoms with Crippen molar-refractivity contribution in [1.29, 1.82) is 0 Å². The van der Waals surface area contributed by atoms with E-state index in [-0.39, 0.29) is 5.91 Å². The van der Waals surface area contributed by atoms with E-state index in [1.54, 1.807) is 7.11 Å². The minimum absolute atomic E-state index is 0.110. The average Bonchev–Trinajstić information content (AvgIpc) is 2.21. The van der Waals surface area contributed by atoms with Crippen molar-refractivity contribution in [1.82, 2.24) is 10.2 Å². The number of amides is 1. The molecular weight excluding hydrogens is 194 g/mol. The smallest absolute Gasteiger partial charge is 0.237 e. The Morgan fingerprint density at radius 1 is 1.53 bits per heavy atom. The minimum atomic E-state index is -0.473. The SMILES string of the molecule is COCCC(N)C(=O)NCC(C)N(C)C. The van der Waals surface area contributed by atoms with Crippen LogP contribution in [-0.2, 0) is 9.53 Å². The van der Waals surface area contributed by atoms with Gasteiger partial charge in [-0.05, 0) is 27.4 Å². The fourth-order valence-electron chi connectivity index (χ4n) is 0.938. The Labute approximate surface area is 91.9 Å². The highest BCUT2D eigenvalue weighted by Crippen LogP contribution is 1.92. The van der Waals surface area contributed by atoms with Crippen LogP contribution in [0.25, 0.3) is 0 Å². The molecule has 2 atom stereocenters. The quantitative estimate of drug-likeness (QED) is 0.598. The lowest BCUT2D eigenvalue weighted by molar-refractivity contribution is -0.122. The molecule has 0 aliphatic carbocycles. The number of rotatable bonds is 7. The predicted octanol–water partition coefficient (Wildman–Crippen LogP) is -0.583. The van der Waals surface area contributed by atoms with Gasteiger partial charge in [0.2, 0.25) is 5.91 Å². The van der Waals surface area contributed by atoms with Gasteiger partial charge in [0.05, 0.1) is 6.04 Å². The first-order valence-electron chi connectivity index (χ1n) is 5.17. The van der Waals surface area contributed by atoms with Gasteiger partial charge in [0.1, 0.15) is 0 Å². The summed E-state index contributed by atoms with van der Waals surface area (Å²) in [6, 6.07) is -0.164. The number of ether oxygens (including phenoxy) is 1. The van der Waals surface area contributed by atoms with Crippen LogP contribution in [-0.4, -0.2) is 57.2 Å². The van der Waals surface area contributed by atoms with Crippen molar-refractivity contribution in [2.24, 2.45) is 5.73 Å². The first-order valence-corrected chi connectivity index (χ1v) is 5.17. The fourth-order valence-corrected chi connectivity index (χ4v) is 0.938. The minimum Gasteiger partial charge on any atom is -0.385 e. The molecule has 0 bridgehead atoms. The van der Waals surface area contributed by atoms with E-state index < -0.39 is 6.04 Å². The van der Waals surface area contributed by atoms with Gasteiger partial charge in [-0.15, -0.1) is 0 Å². The van der Waals surface area contributed by atoms with E-state index in [2.05, 4.69) is 5.32 Å². The van der Waals surface area contributed by atoms with Gasteiger partial charge in [0.25, 0.3) is 0 Å². The number of hydrogen-bond acceptors (Lipinski definition) is 4. The summed E-state index contributed by atoms with van der Waals surface area (Å²) in [4.78, 5) is 13.5. The summed E-state index contributed by atoms with van der Waals surface area (Å²) in [6.07, 6.45) is 0.554. The third-order valence-electron chi connectivity index (χ3n) is 2.42. The Bertz CT molecular complexity index is 186. The summed E-state index contributed by atoms with van der Waals surface area (Å²) in [5.74, 6) is -0.110. The Balaban J connectivity index is 3.73. The molecule has 0 aliphatic heterocycles. The van der Waals surface area contributed by atoms with E-state index in [4.69, 9.17) is 10.5 Å². The second-order valence-electron chi connectivity index (χ2n) is 3.95. The third kappa shape index (κ3) is 6.43. The van der Waals surface area contributed by atoms with Crippen molar-refractivity contribution in [3.05, 3.63) is 0 Å². The van der Waals surface area contributed by atoms with E-state index in [1.807, 2.05) is 25.9 Å². The van der Waals surface area contributed by atoms with Gasteiger partial charge < -0.3 is 20.7 Å². The molecule has 1 amide bonds. The maximum absolute atomic E-state index is 11.5. The van der Waals surface area contributed by atoms with E-state index in [0.717, 1.165) is 0 Å². The van der Waals surface area contributed by atoms with Crippen molar-refractivity contribution in [3.8, 4) is 0 Å². The maximum atomic E-state index is 11.5. The molecule has 5 heteroatoms. The molecule has 0 saturated carbocycles. The normalized spacial score (nSPS) is 15.1. The third-order valence-corrected chi connectivity index (χ3v) is 2.42. The molecule has 0 rings (SSSR count). The van der Waals surface area contributed by atoms with Gasteiger partial charge in [-0.2, -0.15) is 0 Å². The molecule has 0 aromatic rings. The number of methoxy groups -OCH3 is 1. The van der Waals surface area contributed by atoms with Crippen LogP contribution in [0.2, 0.25) is 0 Å². The number of nitrogens with two attached hydrogens (primary N) is 1. The Morgan fingerprint density at radius 3 is 2.60 bits per heavy atom. The molecule has 0 radical (unpaired) electrons. The van der Waals surface area contributed by atoms with Gasteiger partial charge in [0.15, 0.2) is 0 Å². The predicted molar refractivity (Wildman–Crippen MR) is 60.6 cm³/mol. The van der Waals surface area contributed by atoms with Gasteiger partial charge in [-0.1, -0.05) is 0 Å². The van der Waals surface area contributed by atoms with Crippen LogP contribution in [0.1, 0.15) is 13.3 Å². The number of nitrogens with zero attached hydrogens (tertiary/aromatic N) is 1. The number of nitrogens with one attached hydrogen (secondary N) is 1. The fraction of sp³-hybridized carbons (Fsp3) is 0.900. The van der Waals surface area contributed by atoms with Gasteiger partial charge >= 0.3 is 0 Å². The largest absolute Gasteiger partial charge is 0.385 e. The summed E-state index contributed by atoms with van der Waals surface area (Å²) >= 11 is 0. The lowest BCUT2D eigenvalue weighted by Crippen LogP contribution is -2.45. The number of carbonyl (C=O) groups excluding carboxylic acids is 1. The molecular formula is C10H23N3O2. The highest BCUT2D eigenvalue weighted by atomic mass is 16.5. The topological polar surface area (TPSA) is 67.6 Å². The van der Waals surface area contributed by atoms with Crippen LogP contribution < -0.4 is 11.1 Å². The number of likely N-dealkylation sites (N-methyl/N-ethyl adjacent to an activating group) is 1. The van der Waals surface area contributed by atoms with E-state index in [9.17, 15) is 4.79 Å². The lowest BCUT2D eigenvalue weighted by Gasteiger charge is -2.21. The standard InChI is InChI=1S/C10H23N3O2/c1-8(13(2)3)7-12-10(14)9(11)5-6-15-4/h8-9H,5-7,11H2,1-4H3,(H,12,14). The molecule has 15 heavy (non-hydrogen) atoms. The molecule has 0 heterocycles. The zero-order chi connectivity index (χ0) is 11.8. The highest BCUT2D eigenvalue weighted by Gasteiger charge is 2.14. The van der Waals surface area contributed by atoms with Crippen LogP contribution in [0, 0.1) is 0 Å². The average molecular weight is 217 g/mol. The molecule has 0 saturated heterocycles. The van der Waals surface area contributed by atoms with Gasteiger partial charge in [-0.25, -0.2) is 0 Å². The summed E-state index contributed by atoms with van der Waals surface area (Å²) in [5, 5.41) is 2.81. The van der Waals surface area contributed by atoms with Crippen molar-refractivity contribution in [2.45, 2.75) is 25.4 Å². The van der Waals surface area contributed by atoms with Crippen molar-refractivity contribution in [3.63, 3.8) is 0 Å². The van der Waals surface area contributed by atoms with Gasteiger partial charge in [0, 0.05) is 26.3 Å². The first kappa shape index (κ1) is 14.3. The van der Waals surface area contributed by atoms with E-state index in [0.29, 0.717) is 25.6 Å². The molecule has 0 spiro atoms. The molecule has 0 aromatic carbocycles. The zero-order valence-electron chi connectivity index (χ0n) is 10.1. The monoisotopic (exact) mass is 217 g/mol. The first-order chi connectivity index (χ1) is 6.99. The van der Waals surface area contributed by atoms with Crippen LogP contribution >= 0.6 is 0 Å². The summed E-state index contributed by atoms with van der Waals surface area (Å²) in [5.41, 5.74) is 5.66. The summed E-state index contributed by atoms with van der Waals surface area (Å²) in [6.45, 7) is 3.17. The summed E-state index contributed by atoms with van der Waals surface area (Å²) < 4.78 is 4.86. The lowest BCUT2D eigenvalue weighted by atomic mass is 10.2. The van der Waals surface area contributed by atoms with E-state index >= 15 is 0 Å². The molecule has 0 aliphatic rings. The number of hydrogen-bond donors (Lipinski definition) is 2. The Hall–Kier alpha value is -0.650. The Kier molecular flexibility index (Phi) is 7.29. The van der Waals surface area contributed by atoms with Crippen LogP contribution in [0.3, 0.4) is 0 Å². The molecule has 5 nitrogen and oxygen atoms in total.